The predicted molar refractivity (Wildman–Crippen MR) is 75.9 cm³/mol. The summed E-state index contributed by atoms with van der Waals surface area (Å²) in [5.41, 5.74) is 1.95. The lowest BCUT2D eigenvalue weighted by Crippen LogP contribution is -2.26. The number of benzene rings is 1. The van der Waals surface area contributed by atoms with Crippen LogP contribution in [0.4, 0.5) is 5.82 Å². The molecular formula is C13H16N4O2S. The Morgan fingerprint density at radius 3 is 2.95 bits per heavy atom. The minimum absolute atomic E-state index is 0.359. The summed E-state index contributed by atoms with van der Waals surface area (Å²) < 4.78 is 29.2. The lowest BCUT2D eigenvalue weighted by molar-refractivity contribution is 0.593. The third-order valence-electron chi connectivity index (χ3n) is 3.45. The van der Waals surface area contributed by atoms with Crippen molar-refractivity contribution in [2.75, 3.05) is 11.3 Å². The van der Waals surface area contributed by atoms with Crippen LogP contribution in [0.1, 0.15) is 11.1 Å². The van der Waals surface area contributed by atoms with E-state index in [0.29, 0.717) is 17.3 Å². The van der Waals surface area contributed by atoms with Crippen LogP contribution in [-0.4, -0.2) is 24.7 Å². The minimum Gasteiger partial charge on any atom is -0.312 e. The zero-order valence-corrected chi connectivity index (χ0v) is 11.9. The summed E-state index contributed by atoms with van der Waals surface area (Å²) in [6.45, 7) is 1.51. The van der Waals surface area contributed by atoms with Gasteiger partial charge in [-0.2, -0.15) is 5.10 Å². The highest BCUT2D eigenvalue weighted by molar-refractivity contribution is 7.92. The molecular weight excluding hydrogens is 276 g/mol. The number of nitrogens with one attached hydrogen (secondary N) is 2. The van der Waals surface area contributed by atoms with Crippen LogP contribution in [0.2, 0.25) is 0 Å². The van der Waals surface area contributed by atoms with Crippen LogP contribution in [-0.2, 0) is 30.0 Å². The third kappa shape index (κ3) is 2.30. The van der Waals surface area contributed by atoms with E-state index in [-0.39, 0.29) is 0 Å². The molecule has 0 fully saturated rings. The molecule has 1 aromatic heterocycles. The SMILES string of the molecule is Cn1nccc1NS(=O)(=O)c1cccc2c1CCNC2. The van der Waals surface area contributed by atoms with Crippen LogP contribution in [0.3, 0.4) is 0 Å². The van der Waals surface area contributed by atoms with Gasteiger partial charge in [-0.3, -0.25) is 9.40 Å². The van der Waals surface area contributed by atoms with Gasteiger partial charge in [0.05, 0.1) is 11.1 Å². The van der Waals surface area contributed by atoms with Crippen molar-refractivity contribution in [2.45, 2.75) is 17.9 Å². The summed E-state index contributed by atoms with van der Waals surface area (Å²) in [5, 5.41) is 7.21. The Kier molecular flexibility index (Phi) is 3.23. The van der Waals surface area contributed by atoms with Crippen LogP contribution in [0.5, 0.6) is 0 Å². The molecule has 0 unspecified atom stereocenters. The maximum atomic E-state index is 12.6. The fraction of sp³-hybridized carbons (Fsp3) is 0.308. The summed E-state index contributed by atoms with van der Waals surface area (Å²) in [4.78, 5) is 0.359. The second-order valence-electron chi connectivity index (χ2n) is 4.77. The van der Waals surface area contributed by atoms with Crippen molar-refractivity contribution in [1.29, 1.82) is 0 Å². The van der Waals surface area contributed by atoms with Gasteiger partial charge >= 0.3 is 0 Å². The molecule has 1 aliphatic rings. The van der Waals surface area contributed by atoms with Crippen molar-refractivity contribution < 1.29 is 8.42 Å². The molecule has 106 valence electrons. The first-order chi connectivity index (χ1) is 9.58. The Hall–Kier alpha value is -1.86. The van der Waals surface area contributed by atoms with Crippen LogP contribution in [0.15, 0.2) is 35.4 Å². The van der Waals surface area contributed by atoms with Gasteiger partial charge in [0.15, 0.2) is 0 Å². The van der Waals surface area contributed by atoms with E-state index in [1.165, 1.54) is 4.68 Å². The maximum absolute atomic E-state index is 12.6. The Morgan fingerprint density at radius 2 is 2.20 bits per heavy atom. The Balaban J connectivity index is 2.02. The van der Waals surface area contributed by atoms with Gasteiger partial charge < -0.3 is 5.32 Å². The largest absolute Gasteiger partial charge is 0.312 e. The fourth-order valence-electron chi connectivity index (χ4n) is 2.42. The van der Waals surface area contributed by atoms with Gasteiger partial charge in [-0.1, -0.05) is 12.1 Å². The summed E-state index contributed by atoms with van der Waals surface area (Å²) in [6, 6.07) is 7.03. The molecule has 0 spiro atoms. The van der Waals surface area contributed by atoms with Crippen molar-refractivity contribution in [1.82, 2.24) is 15.1 Å². The highest BCUT2D eigenvalue weighted by atomic mass is 32.2. The van der Waals surface area contributed by atoms with Gasteiger partial charge in [0.1, 0.15) is 5.82 Å². The van der Waals surface area contributed by atoms with E-state index in [4.69, 9.17) is 0 Å². The van der Waals surface area contributed by atoms with Crippen LogP contribution in [0.25, 0.3) is 0 Å². The van der Waals surface area contributed by atoms with Gasteiger partial charge in [0.25, 0.3) is 10.0 Å². The summed E-state index contributed by atoms with van der Waals surface area (Å²) in [6.07, 6.45) is 2.28. The smallest absolute Gasteiger partial charge is 0.263 e. The molecule has 7 heteroatoms. The Labute approximate surface area is 117 Å². The lowest BCUT2D eigenvalue weighted by Gasteiger charge is -2.20. The molecule has 6 nitrogen and oxygen atoms in total. The van der Waals surface area contributed by atoms with E-state index in [1.54, 1.807) is 31.4 Å². The second kappa shape index (κ2) is 4.92. The highest BCUT2D eigenvalue weighted by Crippen LogP contribution is 2.24. The number of hydrogen-bond acceptors (Lipinski definition) is 4. The predicted octanol–water partition coefficient (Wildman–Crippen LogP) is 0.867. The molecule has 0 amide bonds. The number of nitrogens with zero attached hydrogens (tertiary/aromatic N) is 2. The minimum atomic E-state index is -3.59. The summed E-state index contributed by atoms with van der Waals surface area (Å²) in [7, 11) is -1.89. The third-order valence-corrected chi connectivity index (χ3v) is 4.89. The fourth-order valence-corrected chi connectivity index (χ4v) is 3.82. The molecule has 0 bridgehead atoms. The van der Waals surface area contributed by atoms with Gasteiger partial charge in [-0.05, 0) is 30.2 Å². The van der Waals surface area contributed by atoms with Crippen molar-refractivity contribution in [3.63, 3.8) is 0 Å². The quantitative estimate of drug-likeness (QED) is 0.880. The van der Waals surface area contributed by atoms with Crippen molar-refractivity contribution in [3.05, 3.63) is 41.6 Å². The second-order valence-corrected chi connectivity index (χ2v) is 6.42. The van der Waals surface area contributed by atoms with Gasteiger partial charge in [0, 0.05) is 19.7 Å². The first-order valence-corrected chi connectivity index (χ1v) is 7.88. The number of rotatable bonds is 3. The van der Waals surface area contributed by atoms with Crippen molar-refractivity contribution in [2.24, 2.45) is 7.05 Å². The Bertz CT molecular complexity index is 737. The van der Waals surface area contributed by atoms with Crippen molar-refractivity contribution >= 4 is 15.8 Å². The molecule has 3 rings (SSSR count). The first-order valence-electron chi connectivity index (χ1n) is 6.40. The van der Waals surface area contributed by atoms with E-state index in [0.717, 1.165) is 24.1 Å². The highest BCUT2D eigenvalue weighted by Gasteiger charge is 2.23. The van der Waals surface area contributed by atoms with E-state index in [9.17, 15) is 8.42 Å². The zero-order chi connectivity index (χ0) is 14.2. The lowest BCUT2D eigenvalue weighted by atomic mass is 10.0. The molecule has 2 heterocycles. The molecule has 0 saturated carbocycles. The first kappa shape index (κ1) is 13.1. The van der Waals surface area contributed by atoms with Crippen LogP contribution in [0, 0.1) is 0 Å². The number of aromatic nitrogens is 2. The van der Waals surface area contributed by atoms with E-state index < -0.39 is 10.0 Å². The molecule has 0 radical (unpaired) electrons. The molecule has 0 atom stereocenters. The maximum Gasteiger partial charge on any atom is 0.263 e. The van der Waals surface area contributed by atoms with E-state index >= 15 is 0 Å². The van der Waals surface area contributed by atoms with E-state index in [1.807, 2.05) is 6.07 Å². The zero-order valence-electron chi connectivity index (χ0n) is 11.1. The number of sulfonamides is 1. The molecule has 2 N–H and O–H groups in total. The molecule has 2 aromatic rings. The number of anilines is 1. The topological polar surface area (TPSA) is 76.0 Å². The van der Waals surface area contributed by atoms with Gasteiger partial charge in [-0.15, -0.1) is 0 Å². The number of aryl methyl sites for hydroxylation is 1. The Morgan fingerprint density at radius 1 is 1.35 bits per heavy atom. The molecule has 1 aliphatic heterocycles. The number of hydrogen-bond donors (Lipinski definition) is 2. The van der Waals surface area contributed by atoms with Crippen LogP contribution >= 0.6 is 0 Å². The van der Waals surface area contributed by atoms with Gasteiger partial charge in [0.2, 0.25) is 0 Å². The van der Waals surface area contributed by atoms with Crippen LogP contribution < -0.4 is 10.0 Å². The van der Waals surface area contributed by atoms with Gasteiger partial charge in [-0.25, -0.2) is 8.42 Å². The summed E-state index contributed by atoms with van der Waals surface area (Å²) in [5.74, 6) is 0.455. The van der Waals surface area contributed by atoms with Crippen molar-refractivity contribution in [3.8, 4) is 0 Å². The molecule has 0 saturated heterocycles. The average Bonchev–Trinajstić information content (AvgIpc) is 2.83. The monoisotopic (exact) mass is 292 g/mol. The molecule has 20 heavy (non-hydrogen) atoms. The molecule has 0 aliphatic carbocycles. The average molecular weight is 292 g/mol. The summed E-state index contributed by atoms with van der Waals surface area (Å²) >= 11 is 0. The van der Waals surface area contributed by atoms with E-state index in [2.05, 4.69) is 15.1 Å². The standard InChI is InChI=1S/C13H16N4O2S/c1-17-13(6-8-15-17)16-20(18,19)12-4-2-3-10-9-14-7-5-11(10)12/h2-4,6,8,14,16H,5,7,9H2,1H3. The normalized spacial score (nSPS) is 14.8. The molecule has 1 aromatic carbocycles. The number of fused-ring (bicyclic) bond motifs is 1.